The smallest absolute Gasteiger partial charge is 0.549 e. The molecule has 0 bridgehead atoms. The van der Waals surface area contributed by atoms with Crippen LogP contribution in [-0.2, 0) is 4.79 Å². The van der Waals surface area contributed by atoms with E-state index in [0.717, 1.165) is 32.1 Å². The van der Waals surface area contributed by atoms with Crippen molar-refractivity contribution in [3.63, 3.8) is 0 Å². The van der Waals surface area contributed by atoms with Crippen molar-refractivity contribution in [2.45, 2.75) is 39.0 Å². The predicted octanol–water partition coefficient (Wildman–Crippen LogP) is -1.73. The first-order valence-corrected chi connectivity index (χ1v) is 4.56. The number of allylic oxidation sites excluding steroid dienone is 1. The normalized spacial score (nSPS) is 21.0. The van der Waals surface area contributed by atoms with Crippen LogP contribution in [0.2, 0.25) is 0 Å². The molecule has 0 saturated heterocycles. The van der Waals surface area contributed by atoms with Gasteiger partial charge in [0.25, 0.3) is 0 Å². The average Bonchev–Trinajstić information content (AvgIpc) is 2.06. The molecule has 0 atom stereocenters. The van der Waals surface area contributed by atoms with Crippen LogP contribution in [0.25, 0.3) is 0 Å². The minimum atomic E-state index is -0.902. The van der Waals surface area contributed by atoms with E-state index < -0.39 is 11.4 Å². The van der Waals surface area contributed by atoms with E-state index in [1.54, 1.807) is 6.08 Å². The van der Waals surface area contributed by atoms with Gasteiger partial charge in [0.15, 0.2) is 0 Å². The Bertz CT molecular complexity index is 193. The molecule has 0 radical (unpaired) electrons. The van der Waals surface area contributed by atoms with E-state index in [4.69, 9.17) is 0 Å². The fourth-order valence-corrected chi connectivity index (χ4v) is 1.94. The van der Waals surface area contributed by atoms with Crippen LogP contribution in [0.1, 0.15) is 39.0 Å². The van der Waals surface area contributed by atoms with E-state index in [9.17, 15) is 9.90 Å². The van der Waals surface area contributed by atoms with Crippen molar-refractivity contribution in [3.05, 3.63) is 12.2 Å². The topological polar surface area (TPSA) is 40.1 Å². The number of carbonyl (C=O) groups is 1. The summed E-state index contributed by atoms with van der Waals surface area (Å²) >= 11 is 0. The Morgan fingerprint density at radius 3 is 2.23 bits per heavy atom. The van der Waals surface area contributed by atoms with Crippen LogP contribution in [-0.4, -0.2) is 5.97 Å². The van der Waals surface area contributed by atoms with Crippen LogP contribution in [0.3, 0.4) is 0 Å². The van der Waals surface area contributed by atoms with E-state index in [0.29, 0.717) is 0 Å². The van der Waals surface area contributed by atoms with Crippen LogP contribution in [0.4, 0.5) is 0 Å². The van der Waals surface area contributed by atoms with Gasteiger partial charge in [0.2, 0.25) is 0 Å². The monoisotopic (exact) mass is 190 g/mol. The molecule has 0 amide bonds. The van der Waals surface area contributed by atoms with Gasteiger partial charge in [0, 0.05) is 5.41 Å². The SMILES string of the molecule is C/C=C\C1(C(=O)[O-])CCCCC1.[Na+]. The summed E-state index contributed by atoms with van der Waals surface area (Å²) in [6, 6.07) is 0. The molecule has 0 aromatic heterocycles. The van der Waals surface area contributed by atoms with Gasteiger partial charge >= 0.3 is 29.6 Å². The molecule has 1 saturated carbocycles. The number of aliphatic carboxylic acids is 1. The maximum absolute atomic E-state index is 10.9. The van der Waals surface area contributed by atoms with Gasteiger partial charge in [-0.3, -0.25) is 0 Å². The minimum Gasteiger partial charge on any atom is -0.549 e. The number of carboxylic acids is 1. The molecule has 0 heterocycles. The summed E-state index contributed by atoms with van der Waals surface area (Å²) in [5, 5.41) is 10.9. The Morgan fingerprint density at radius 2 is 1.85 bits per heavy atom. The summed E-state index contributed by atoms with van der Waals surface area (Å²) in [5.41, 5.74) is -0.646. The van der Waals surface area contributed by atoms with Crippen LogP contribution in [0.5, 0.6) is 0 Å². The molecule has 0 aromatic rings. The molecule has 1 fully saturated rings. The summed E-state index contributed by atoms with van der Waals surface area (Å²) in [6.07, 6.45) is 8.30. The van der Waals surface area contributed by atoms with Gasteiger partial charge in [-0.15, -0.1) is 0 Å². The van der Waals surface area contributed by atoms with E-state index in [2.05, 4.69) is 0 Å². The Hall–Kier alpha value is 0.210. The molecular weight excluding hydrogens is 175 g/mol. The van der Waals surface area contributed by atoms with Crippen molar-refractivity contribution in [1.29, 1.82) is 0 Å². The van der Waals surface area contributed by atoms with Gasteiger partial charge in [-0.05, 0) is 19.8 Å². The summed E-state index contributed by atoms with van der Waals surface area (Å²) in [7, 11) is 0. The number of rotatable bonds is 2. The Balaban J connectivity index is 0.00000144. The number of hydrogen-bond acceptors (Lipinski definition) is 2. The standard InChI is InChI=1S/C10H16O2.Na/c1-2-6-10(9(11)12)7-4-3-5-8-10;/h2,6H,3-5,7-8H2,1H3,(H,11,12);/q;+1/p-1/b6-2-;. The maximum atomic E-state index is 10.9. The fourth-order valence-electron chi connectivity index (χ4n) is 1.94. The van der Waals surface area contributed by atoms with Crippen LogP contribution in [0.15, 0.2) is 12.2 Å². The summed E-state index contributed by atoms with van der Waals surface area (Å²) in [6.45, 7) is 1.86. The fraction of sp³-hybridized carbons (Fsp3) is 0.700. The molecule has 1 aliphatic rings. The molecule has 2 nitrogen and oxygen atoms in total. The molecule has 0 unspecified atom stereocenters. The third-order valence-corrected chi connectivity index (χ3v) is 2.64. The van der Waals surface area contributed by atoms with Crippen molar-refractivity contribution < 1.29 is 39.5 Å². The Kier molecular flexibility index (Phi) is 5.93. The molecule has 13 heavy (non-hydrogen) atoms. The van der Waals surface area contributed by atoms with Crippen LogP contribution in [0, 0.1) is 5.41 Å². The van der Waals surface area contributed by atoms with Gasteiger partial charge < -0.3 is 9.90 Å². The van der Waals surface area contributed by atoms with E-state index in [-0.39, 0.29) is 29.6 Å². The Labute approximate surface area is 102 Å². The second-order valence-electron chi connectivity index (χ2n) is 3.50. The number of carboxylic acid groups (broad SMARTS) is 1. The molecular formula is C10H15NaO2. The second-order valence-corrected chi connectivity index (χ2v) is 3.50. The van der Waals surface area contributed by atoms with Gasteiger partial charge in [0.1, 0.15) is 0 Å². The molecule has 3 heteroatoms. The third-order valence-electron chi connectivity index (χ3n) is 2.64. The molecule has 1 aliphatic carbocycles. The van der Waals surface area contributed by atoms with Crippen molar-refractivity contribution in [1.82, 2.24) is 0 Å². The molecule has 1 rings (SSSR count). The predicted molar refractivity (Wildman–Crippen MR) is 45.3 cm³/mol. The van der Waals surface area contributed by atoms with E-state index in [1.807, 2.05) is 13.0 Å². The van der Waals surface area contributed by atoms with Gasteiger partial charge in [-0.1, -0.05) is 31.4 Å². The molecule has 0 N–H and O–H groups in total. The van der Waals surface area contributed by atoms with E-state index >= 15 is 0 Å². The summed E-state index contributed by atoms with van der Waals surface area (Å²) < 4.78 is 0. The van der Waals surface area contributed by atoms with Gasteiger partial charge in [-0.25, -0.2) is 0 Å². The van der Waals surface area contributed by atoms with Gasteiger partial charge in [-0.2, -0.15) is 0 Å². The molecule has 0 spiro atoms. The summed E-state index contributed by atoms with van der Waals surface area (Å²) in [5.74, 6) is -0.902. The molecule has 68 valence electrons. The zero-order chi connectivity index (χ0) is 9.03. The zero-order valence-electron chi connectivity index (χ0n) is 8.51. The summed E-state index contributed by atoms with van der Waals surface area (Å²) in [4.78, 5) is 10.9. The quantitative estimate of drug-likeness (QED) is 0.383. The van der Waals surface area contributed by atoms with Gasteiger partial charge in [0.05, 0.1) is 5.97 Å². The van der Waals surface area contributed by atoms with Crippen LogP contribution < -0.4 is 34.7 Å². The van der Waals surface area contributed by atoms with E-state index in [1.165, 1.54) is 0 Å². The van der Waals surface area contributed by atoms with Crippen molar-refractivity contribution in [3.8, 4) is 0 Å². The first-order valence-electron chi connectivity index (χ1n) is 4.56. The van der Waals surface area contributed by atoms with Crippen LogP contribution >= 0.6 is 0 Å². The molecule has 0 aliphatic heterocycles. The third kappa shape index (κ3) is 3.12. The number of hydrogen-bond donors (Lipinski definition) is 0. The maximum Gasteiger partial charge on any atom is 1.00 e. The zero-order valence-corrected chi connectivity index (χ0v) is 10.5. The largest absolute Gasteiger partial charge is 1.00 e. The first-order chi connectivity index (χ1) is 5.71. The first kappa shape index (κ1) is 13.2. The second kappa shape index (κ2) is 5.84. The van der Waals surface area contributed by atoms with Crippen molar-refractivity contribution >= 4 is 5.97 Å². The average molecular weight is 190 g/mol. The Morgan fingerprint density at radius 1 is 1.31 bits per heavy atom. The number of carbonyl (C=O) groups excluding carboxylic acids is 1. The van der Waals surface area contributed by atoms with Crippen molar-refractivity contribution in [2.75, 3.05) is 0 Å². The van der Waals surface area contributed by atoms with Crippen molar-refractivity contribution in [2.24, 2.45) is 5.41 Å². The molecule has 0 aromatic carbocycles. The minimum absolute atomic E-state index is 0.